The first kappa shape index (κ1) is 12.5. The fourth-order valence-corrected chi connectivity index (χ4v) is 3.03. The van der Waals surface area contributed by atoms with Crippen molar-refractivity contribution < 1.29 is 4.74 Å². The lowest BCUT2D eigenvalue weighted by molar-refractivity contribution is 0.415. The highest BCUT2D eigenvalue weighted by molar-refractivity contribution is 5.78. The first-order chi connectivity index (χ1) is 9.24. The smallest absolute Gasteiger partial charge is 0.121 e. The Hall–Kier alpha value is -1.55. The van der Waals surface area contributed by atoms with Crippen molar-refractivity contribution >= 4 is 11.0 Å². The highest BCUT2D eigenvalue weighted by Crippen LogP contribution is 2.31. The quantitative estimate of drug-likeness (QED) is 0.920. The molecule has 3 rings (SSSR count). The molecule has 1 aromatic carbocycles. The summed E-state index contributed by atoms with van der Waals surface area (Å²) < 4.78 is 7.63. The molecule has 1 aliphatic heterocycles. The lowest BCUT2D eigenvalue weighted by atomic mass is 9.97. The number of fused-ring (bicyclic) bond motifs is 1. The van der Waals surface area contributed by atoms with Crippen molar-refractivity contribution in [3.63, 3.8) is 0 Å². The Labute approximate surface area is 113 Å². The van der Waals surface area contributed by atoms with Crippen molar-refractivity contribution in [3.8, 4) is 5.75 Å². The molecule has 1 saturated heterocycles. The first-order valence-corrected chi connectivity index (χ1v) is 6.99. The Kier molecular flexibility index (Phi) is 3.19. The molecule has 1 aromatic heterocycles. The van der Waals surface area contributed by atoms with Gasteiger partial charge in [0.1, 0.15) is 11.6 Å². The van der Waals surface area contributed by atoms with E-state index in [4.69, 9.17) is 9.72 Å². The number of rotatable bonds is 3. The van der Waals surface area contributed by atoms with Crippen LogP contribution in [0.5, 0.6) is 5.75 Å². The zero-order chi connectivity index (χ0) is 13.4. The van der Waals surface area contributed by atoms with Gasteiger partial charge in [0, 0.05) is 25.1 Å². The molecule has 2 heterocycles. The van der Waals surface area contributed by atoms with Gasteiger partial charge in [-0.15, -0.1) is 0 Å². The number of hydrogen-bond acceptors (Lipinski definition) is 3. The maximum atomic E-state index is 5.29. The van der Waals surface area contributed by atoms with Gasteiger partial charge in [-0.2, -0.15) is 0 Å². The van der Waals surface area contributed by atoms with Crippen molar-refractivity contribution in [2.24, 2.45) is 5.92 Å². The van der Waals surface area contributed by atoms with Gasteiger partial charge in [-0.05, 0) is 31.5 Å². The lowest BCUT2D eigenvalue weighted by Crippen LogP contribution is -2.14. The van der Waals surface area contributed by atoms with Crippen LogP contribution in [-0.2, 0) is 6.54 Å². The number of benzene rings is 1. The van der Waals surface area contributed by atoms with Crippen LogP contribution in [0.4, 0.5) is 0 Å². The summed E-state index contributed by atoms with van der Waals surface area (Å²) in [6.07, 6.45) is 0. The second-order valence-electron chi connectivity index (χ2n) is 5.31. The van der Waals surface area contributed by atoms with Gasteiger partial charge in [0.25, 0.3) is 0 Å². The molecule has 1 fully saturated rings. The number of aromatic nitrogens is 2. The van der Waals surface area contributed by atoms with Gasteiger partial charge in [0.05, 0.1) is 18.1 Å². The summed E-state index contributed by atoms with van der Waals surface area (Å²) in [4.78, 5) is 4.87. The average molecular weight is 259 g/mol. The van der Waals surface area contributed by atoms with Crippen LogP contribution >= 0.6 is 0 Å². The number of ether oxygens (including phenoxy) is 1. The molecule has 0 spiro atoms. The third kappa shape index (κ3) is 2.00. The molecule has 102 valence electrons. The van der Waals surface area contributed by atoms with Gasteiger partial charge in [-0.1, -0.05) is 6.92 Å². The second kappa shape index (κ2) is 4.85. The van der Waals surface area contributed by atoms with Gasteiger partial charge < -0.3 is 14.6 Å². The molecule has 0 aliphatic carbocycles. The maximum Gasteiger partial charge on any atom is 0.121 e. The van der Waals surface area contributed by atoms with Gasteiger partial charge in [-0.3, -0.25) is 0 Å². The van der Waals surface area contributed by atoms with Crippen molar-refractivity contribution in [3.05, 3.63) is 24.0 Å². The molecule has 1 N–H and O–H groups in total. The first-order valence-electron chi connectivity index (χ1n) is 6.99. The summed E-state index contributed by atoms with van der Waals surface area (Å²) in [6.45, 7) is 7.55. The lowest BCUT2D eigenvalue weighted by Gasteiger charge is -2.15. The highest BCUT2D eigenvalue weighted by atomic mass is 16.5. The molecule has 4 nitrogen and oxygen atoms in total. The largest absolute Gasteiger partial charge is 0.497 e. The van der Waals surface area contributed by atoms with Gasteiger partial charge in [0.15, 0.2) is 0 Å². The van der Waals surface area contributed by atoms with Crippen molar-refractivity contribution in [2.45, 2.75) is 26.3 Å². The van der Waals surface area contributed by atoms with Crippen LogP contribution in [0.3, 0.4) is 0 Å². The second-order valence-corrected chi connectivity index (χ2v) is 5.31. The zero-order valence-corrected chi connectivity index (χ0v) is 11.8. The fourth-order valence-electron chi connectivity index (χ4n) is 3.03. The Morgan fingerprint density at radius 3 is 2.89 bits per heavy atom. The SMILES string of the molecule is CCn1c(C2CNCC2C)nc2cc(OC)ccc21. The Balaban J connectivity index is 2.13. The summed E-state index contributed by atoms with van der Waals surface area (Å²) >= 11 is 0. The van der Waals surface area contributed by atoms with Crippen LogP contribution < -0.4 is 10.1 Å². The third-order valence-electron chi connectivity index (χ3n) is 4.15. The molecule has 0 saturated carbocycles. The molecule has 0 radical (unpaired) electrons. The van der Waals surface area contributed by atoms with E-state index in [-0.39, 0.29) is 0 Å². The molecular weight excluding hydrogens is 238 g/mol. The van der Waals surface area contributed by atoms with E-state index >= 15 is 0 Å². The topological polar surface area (TPSA) is 39.1 Å². The molecular formula is C15H21N3O. The standard InChI is InChI=1S/C15H21N3O/c1-4-18-14-6-5-11(19-3)7-13(14)17-15(18)12-9-16-8-10(12)2/h5-7,10,12,16H,4,8-9H2,1-3H3. The van der Waals surface area contributed by atoms with Crippen LogP contribution in [0.15, 0.2) is 18.2 Å². The summed E-state index contributed by atoms with van der Waals surface area (Å²) in [7, 11) is 1.70. The van der Waals surface area contributed by atoms with E-state index in [1.54, 1.807) is 7.11 Å². The summed E-state index contributed by atoms with van der Waals surface area (Å²) in [5.74, 6) is 3.24. The third-order valence-corrected chi connectivity index (χ3v) is 4.15. The minimum absolute atomic E-state index is 0.512. The zero-order valence-electron chi connectivity index (χ0n) is 11.8. The van der Waals surface area contributed by atoms with Crippen LogP contribution in [0.1, 0.15) is 25.6 Å². The monoisotopic (exact) mass is 259 g/mol. The minimum atomic E-state index is 0.512. The van der Waals surface area contributed by atoms with E-state index in [0.29, 0.717) is 11.8 Å². The highest BCUT2D eigenvalue weighted by Gasteiger charge is 2.29. The van der Waals surface area contributed by atoms with E-state index in [2.05, 4.69) is 29.8 Å². The van der Waals surface area contributed by atoms with Crippen molar-refractivity contribution in [2.75, 3.05) is 20.2 Å². The van der Waals surface area contributed by atoms with E-state index < -0.39 is 0 Å². The predicted molar refractivity (Wildman–Crippen MR) is 76.7 cm³/mol. The van der Waals surface area contributed by atoms with Crippen LogP contribution in [-0.4, -0.2) is 29.8 Å². The summed E-state index contributed by atoms with van der Waals surface area (Å²) in [6, 6.07) is 6.15. The van der Waals surface area contributed by atoms with Gasteiger partial charge in [-0.25, -0.2) is 4.98 Å². The normalized spacial score (nSPS) is 23.1. The summed E-state index contributed by atoms with van der Waals surface area (Å²) in [5, 5.41) is 3.46. The van der Waals surface area contributed by atoms with Crippen molar-refractivity contribution in [1.29, 1.82) is 0 Å². The average Bonchev–Trinajstić information content (AvgIpc) is 3.00. The van der Waals surface area contributed by atoms with Crippen LogP contribution in [0.25, 0.3) is 11.0 Å². The number of methoxy groups -OCH3 is 1. The number of imidazole rings is 1. The molecule has 1 aliphatic rings. The Bertz CT molecular complexity index is 590. The van der Waals surface area contributed by atoms with Gasteiger partial charge in [0.2, 0.25) is 0 Å². The fraction of sp³-hybridized carbons (Fsp3) is 0.533. The maximum absolute atomic E-state index is 5.29. The molecule has 2 atom stereocenters. The number of hydrogen-bond donors (Lipinski definition) is 1. The van der Waals surface area contributed by atoms with Gasteiger partial charge >= 0.3 is 0 Å². The predicted octanol–water partition coefficient (Wildman–Crippen LogP) is 2.39. The minimum Gasteiger partial charge on any atom is -0.497 e. The summed E-state index contributed by atoms with van der Waals surface area (Å²) in [5.41, 5.74) is 2.24. The molecule has 2 aromatic rings. The number of aryl methyl sites for hydroxylation is 1. The molecule has 4 heteroatoms. The molecule has 19 heavy (non-hydrogen) atoms. The van der Waals surface area contributed by atoms with Crippen LogP contribution in [0.2, 0.25) is 0 Å². The molecule has 0 amide bonds. The number of nitrogens with one attached hydrogen (secondary N) is 1. The van der Waals surface area contributed by atoms with E-state index in [1.807, 2.05) is 12.1 Å². The number of nitrogens with zero attached hydrogens (tertiary/aromatic N) is 2. The Morgan fingerprint density at radius 1 is 1.42 bits per heavy atom. The van der Waals surface area contributed by atoms with E-state index in [9.17, 15) is 0 Å². The van der Waals surface area contributed by atoms with E-state index in [1.165, 1.54) is 11.3 Å². The molecule has 2 unspecified atom stereocenters. The van der Waals surface area contributed by atoms with Crippen molar-refractivity contribution in [1.82, 2.24) is 14.9 Å². The van der Waals surface area contributed by atoms with E-state index in [0.717, 1.165) is 30.9 Å². The Morgan fingerprint density at radius 2 is 2.26 bits per heavy atom. The van der Waals surface area contributed by atoms with Crippen LogP contribution in [0, 0.1) is 5.92 Å². The molecule has 0 bridgehead atoms.